The molecule has 182 valence electrons. The molecule has 3 heterocycles. The fourth-order valence-corrected chi connectivity index (χ4v) is 6.14. The van der Waals surface area contributed by atoms with E-state index < -0.39 is 17.6 Å². The molecule has 1 saturated heterocycles. The summed E-state index contributed by atoms with van der Waals surface area (Å²) in [7, 11) is 0. The molecular weight excluding hydrogens is 445 g/mol. The Hall–Kier alpha value is -2.64. The van der Waals surface area contributed by atoms with E-state index in [4.69, 9.17) is 17.0 Å². The Balaban J connectivity index is 1.46. The molecule has 5 rings (SSSR count). The highest BCUT2D eigenvalue weighted by Crippen LogP contribution is 2.69. The van der Waals surface area contributed by atoms with E-state index in [0.717, 1.165) is 44.4 Å². The van der Waals surface area contributed by atoms with Crippen LogP contribution in [-0.2, 0) is 10.9 Å². The van der Waals surface area contributed by atoms with E-state index in [-0.39, 0.29) is 29.0 Å². The lowest BCUT2D eigenvalue weighted by Gasteiger charge is -2.38. The molecule has 10 heteroatoms. The number of hydrogen-bond donors (Lipinski definition) is 1. The number of nitrogens with two attached hydrogens (primary N) is 1. The molecule has 3 aliphatic rings. The number of ether oxygens (including phenoxy) is 1. The Kier molecular flexibility index (Phi) is 5.41. The van der Waals surface area contributed by atoms with Crippen molar-refractivity contribution >= 4 is 5.82 Å². The summed E-state index contributed by atoms with van der Waals surface area (Å²) in [4.78, 5) is 10.7. The Morgan fingerprint density at radius 2 is 2.09 bits per heavy atom. The lowest BCUT2D eigenvalue weighted by molar-refractivity contribution is -0.137. The van der Waals surface area contributed by atoms with Crippen LogP contribution in [0.15, 0.2) is 18.3 Å². The van der Waals surface area contributed by atoms with Gasteiger partial charge in [-0.15, -0.1) is 0 Å². The van der Waals surface area contributed by atoms with Gasteiger partial charge < -0.3 is 10.5 Å². The van der Waals surface area contributed by atoms with Gasteiger partial charge in [-0.1, -0.05) is 4.85 Å². The van der Waals surface area contributed by atoms with E-state index in [1.165, 1.54) is 6.20 Å². The van der Waals surface area contributed by atoms with Crippen molar-refractivity contribution < 1.29 is 17.9 Å². The van der Waals surface area contributed by atoms with Crippen molar-refractivity contribution in [3.63, 3.8) is 0 Å². The second kappa shape index (κ2) is 7.95. The maximum absolute atomic E-state index is 13.4. The molecule has 0 aromatic carbocycles. The van der Waals surface area contributed by atoms with Crippen molar-refractivity contribution in [3.8, 4) is 17.8 Å². The highest BCUT2D eigenvalue weighted by atomic mass is 19.4. The molecule has 2 saturated carbocycles. The normalized spacial score (nSPS) is 31.5. The zero-order chi connectivity index (χ0) is 24.4. The average Bonchev–Trinajstić information content (AvgIpc) is 3.09. The van der Waals surface area contributed by atoms with E-state index in [9.17, 15) is 13.2 Å². The maximum atomic E-state index is 13.4. The van der Waals surface area contributed by atoms with Crippen molar-refractivity contribution in [2.24, 2.45) is 5.92 Å². The van der Waals surface area contributed by atoms with Gasteiger partial charge >= 0.3 is 6.18 Å². The minimum absolute atomic E-state index is 0.0267. The first-order chi connectivity index (χ1) is 16.1. The van der Waals surface area contributed by atoms with Crippen molar-refractivity contribution in [2.45, 2.75) is 69.4 Å². The topological polar surface area (TPSA) is 73.6 Å². The van der Waals surface area contributed by atoms with Gasteiger partial charge in [-0.05, 0) is 39.3 Å². The van der Waals surface area contributed by atoms with Gasteiger partial charge in [-0.2, -0.15) is 18.3 Å². The molecule has 3 fully saturated rings. The highest BCUT2D eigenvalue weighted by molar-refractivity contribution is 5.63. The minimum atomic E-state index is -4.59. The summed E-state index contributed by atoms with van der Waals surface area (Å²) in [6.07, 6.45) is -1.40. The number of anilines is 1. The third kappa shape index (κ3) is 3.57. The molecule has 34 heavy (non-hydrogen) atoms. The van der Waals surface area contributed by atoms with Crippen LogP contribution in [0.25, 0.3) is 16.1 Å². The first kappa shape index (κ1) is 23.1. The van der Waals surface area contributed by atoms with Gasteiger partial charge in [0, 0.05) is 42.9 Å². The van der Waals surface area contributed by atoms with Gasteiger partial charge in [0.25, 0.3) is 12.1 Å². The van der Waals surface area contributed by atoms with Crippen molar-refractivity contribution in [1.29, 1.82) is 0 Å². The maximum Gasteiger partial charge on any atom is 0.419 e. The number of fused-ring (bicyclic) bond motifs is 1. The molecule has 1 aliphatic heterocycles. The second-order valence-electron chi connectivity index (χ2n) is 10.1. The largest absolute Gasteiger partial charge is 0.419 e. The van der Waals surface area contributed by atoms with Gasteiger partial charge in [0.05, 0.1) is 42.0 Å². The summed E-state index contributed by atoms with van der Waals surface area (Å²) in [6.45, 7) is 14.6. The number of alkyl halides is 3. The SMILES string of the molecule is C#[N+][C@]12C[C@@H](N3CCOC[C@@H]3C)C[C@H]1[C@@H]2c1cc(-c2cnc(N)c(C(F)(F)F)c2)nn1C(C)C. The van der Waals surface area contributed by atoms with Gasteiger partial charge in [-0.3, -0.25) is 9.58 Å². The van der Waals surface area contributed by atoms with Gasteiger partial charge in [0.2, 0.25) is 0 Å². The summed E-state index contributed by atoms with van der Waals surface area (Å²) in [5.74, 6) is -0.159. The predicted octanol–water partition coefficient (Wildman–Crippen LogP) is 4.43. The van der Waals surface area contributed by atoms with Crippen LogP contribution >= 0.6 is 0 Å². The van der Waals surface area contributed by atoms with Crippen LogP contribution in [0.5, 0.6) is 0 Å². The fourth-order valence-electron chi connectivity index (χ4n) is 6.14. The Morgan fingerprint density at radius 1 is 1.32 bits per heavy atom. The zero-order valence-electron chi connectivity index (χ0n) is 19.6. The summed E-state index contributed by atoms with van der Waals surface area (Å²) in [5.41, 5.74) is 5.86. The first-order valence-electron chi connectivity index (χ1n) is 11.7. The van der Waals surface area contributed by atoms with Gasteiger partial charge in [0.1, 0.15) is 5.82 Å². The molecule has 2 aromatic rings. The molecule has 0 unspecified atom stereocenters. The van der Waals surface area contributed by atoms with Crippen LogP contribution in [0.3, 0.4) is 0 Å². The number of halogens is 3. The van der Waals surface area contributed by atoms with Crippen LogP contribution in [0.1, 0.15) is 56.8 Å². The molecule has 0 radical (unpaired) electrons. The molecule has 0 amide bonds. The quantitative estimate of drug-likeness (QED) is 0.709. The summed E-state index contributed by atoms with van der Waals surface area (Å²) in [5, 5.41) is 4.67. The first-order valence-corrected chi connectivity index (χ1v) is 11.7. The molecule has 7 nitrogen and oxygen atoms in total. The lowest BCUT2D eigenvalue weighted by Crippen LogP contribution is -2.49. The molecule has 2 aliphatic carbocycles. The fraction of sp³-hybridized carbons (Fsp3) is 0.625. The van der Waals surface area contributed by atoms with Gasteiger partial charge in [0.15, 0.2) is 0 Å². The summed E-state index contributed by atoms with van der Waals surface area (Å²) in [6, 6.07) is 3.68. The Morgan fingerprint density at radius 3 is 2.71 bits per heavy atom. The molecular formula is C24H30F3N6O+. The number of aromatic nitrogens is 3. The molecule has 2 N–H and O–H groups in total. The Bertz CT molecular complexity index is 1140. The highest BCUT2D eigenvalue weighted by Gasteiger charge is 2.81. The van der Waals surface area contributed by atoms with E-state index in [2.05, 4.69) is 26.8 Å². The molecule has 0 bridgehead atoms. The smallest absolute Gasteiger partial charge is 0.383 e. The van der Waals surface area contributed by atoms with E-state index in [1.54, 1.807) is 0 Å². The zero-order valence-corrected chi connectivity index (χ0v) is 19.6. The number of morpholine rings is 1. The number of nitrogen functional groups attached to an aromatic ring is 1. The summed E-state index contributed by atoms with van der Waals surface area (Å²) < 4.78 is 47.6. The van der Waals surface area contributed by atoms with Crippen LogP contribution < -0.4 is 5.73 Å². The monoisotopic (exact) mass is 475 g/mol. The van der Waals surface area contributed by atoms with Crippen LogP contribution in [0, 0.1) is 12.5 Å². The van der Waals surface area contributed by atoms with E-state index in [0.29, 0.717) is 17.8 Å². The number of nitrogens with zero attached hydrogens (tertiary/aromatic N) is 5. The molecule has 0 spiro atoms. The standard InChI is InChI=1S/C24H30F3N6O/c1-13(2)33-20(9-19(31-33)15-7-18(24(25,26)27)22(28)30-11-15)21-17-8-16(10-23(17,21)29-4)32-5-6-34-12-14(32)3/h4,7,9,11,13-14,16-17,21H,5-6,8,10,12H2,1-3H3,(H2,28,30)/q+1/t14-,16-,17-,21+,23+/m0/s1. The van der Waals surface area contributed by atoms with Crippen molar-refractivity contribution in [3.05, 3.63) is 34.4 Å². The minimum Gasteiger partial charge on any atom is -0.383 e. The predicted molar refractivity (Wildman–Crippen MR) is 123 cm³/mol. The van der Waals surface area contributed by atoms with Crippen LogP contribution in [0.4, 0.5) is 19.0 Å². The number of hydrogen-bond acceptors (Lipinski definition) is 5. The molecule has 2 aromatic heterocycles. The third-order valence-electron chi connectivity index (χ3n) is 7.78. The molecule has 5 atom stereocenters. The summed E-state index contributed by atoms with van der Waals surface area (Å²) >= 11 is 0. The van der Waals surface area contributed by atoms with E-state index in [1.807, 2.05) is 24.6 Å². The van der Waals surface area contributed by atoms with Gasteiger partial charge in [-0.25, -0.2) is 4.98 Å². The van der Waals surface area contributed by atoms with Crippen LogP contribution in [-0.4, -0.2) is 57.0 Å². The van der Waals surface area contributed by atoms with Crippen molar-refractivity contribution in [1.82, 2.24) is 19.7 Å². The number of rotatable bonds is 4. The Labute approximate surface area is 196 Å². The van der Waals surface area contributed by atoms with Crippen LogP contribution in [0.2, 0.25) is 0 Å². The second-order valence-corrected chi connectivity index (χ2v) is 10.1. The third-order valence-corrected chi connectivity index (χ3v) is 7.78. The number of pyridine rings is 1. The average molecular weight is 476 g/mol. The van der Waals surface area contributed by atoms with Crippen molar-refractivity contribution in [2.75, 3.05) is 25.5 Å². The van der Waals surface area contributed by atoms with E-state index >= 15 is 0 Å². The lowest BCUT2D eigenvalue weighted by atomic mass is 9.98.